The van der Waals surface area contributed by atoms with Gasteiger partial charge in [-0.15, -0.1) is 11.3 Å². The molecule has 0 atom stereocenters. The van der Waals surface area contributed by atoms with Crippen LogP contribution in [0.1, 0.15) is 30.3 Å². The summed E-state index contributed by atoms with van der Waals surface area (Å²) in [6.07, 6.45) is 1.30. The van der Waals surface area contributed by atoms with Gasteiger partial charge >= 0.3 is 5.97 Å². The van der Waals surface area contributed by atoms with Gasteiger partial charge in [-0.05, 0) is 37.1 Å². The van der Waals surface area contributed by atoms with Crippen LogP contribution in [-0.4, -0.2) is 47.4 Å². The van der Waals surface area contributed by atoms with Crippen molar-refractivity contribution in [2.24, 2.45) is 0 Å². The van der Waals surface area contributed by atoms with E-state index >= 15 is 0 Å². The lowest BCUT2D eigenvalue weighted by atomic mass is 10.2. The van der Waals surface area contributed by atoms with Crippen molar-refractivity contribution in [3.8, 4) is 0 Å². The average Bonchev–Trinajstić information content (AvgIpc) is 3.20. The van der Waals surface area contributed by atoms with Gasteiger partial charge in [-0.2, -0.15) is 0 Å². The number of anilines is 1. The number of rotatable bonds is 10. The molecule has 0 spiro atoms. The van der Waals surface area contributed by atoms with Crippen molar-refractivity contribution < 1.29 is 19.1 Å². The van der Waals surface area contributed by atoms with Gasteiger partial charge in [-0.3, -0.25) is 14.4 Å². The molecule has 0 aliphatic carbocycles. The van der Waals surface area contributed by atoms with Crippen molar-refractivity contribution in [3.63, 3.8) is 0 Å². The third-order valence-corrected chi connectivity index (χ3v) is 5.93. The molecule has 3 rings (SSSR count). The lowest BCUT2D eigenvalue weighted by Crippen LogP contribution is -2.40. The number of aryl methyl sites for hydroxylation is 2. The highest BCUT2D eigenvalue weighted by Gasteiger charge is 2.19. The molecule has 1 heterocycles. The standard InChI is InChI=1S/C24H27N3O4S/c1-3-14-27(15-21(28)25-18-9-5-4-8-17(18)2)23(29)16-31-24(30)13-12-22-26-19-10-6-7-11-20(19)32-22/h4-11H,3,12-16H2,1-2H3,(H,25,28). The number of aromatic nitrogens is 1. The van der Waals surface area contributed by atoms with Gasteiger partial charge in [0.1, 0.15) is 0 Å². The molecule has 1 aromatic heterocycles. The zero-order valence-electron chi connectivity index (χ0n) is 18.3. The van der Waals surface area contributed by atoms with Crippen LogP contribution < -0.4 is 5.32 Å². The number of nitrogens with zero attached hydrogens (tertiary/aromatic N) is 2. The van der Waals surface area contributed by atoms with Gasteiger partial charge in [0.2, 0.25) is 5.91 Å². The molecule has 7 nitrogen and oxygen atoms in total. The molecule has 2 aromatic carbocycles. The van der Waals surface area contributed by atoms with Gasteiger partial charge < -0.3 is 15.0 Å². The normalized spacial score (nSPS) is 10.7. The van der Waals surface area contributed by atoms with E-state index < -0.39 is 5.97 Å². The summed E-state index contributed by atoms with van der Waals surface area (Å²) in [5.74, 6) is -1.14. The molecule has 32 heavy (non-hydrogen) atoms. The minimum atomic E-state index is -0.460. The van der Waals surface area contributed by atoms with E-state index in [0.29, 0.717) is 25.1 Å². The SMILES string of the molecule is CCCN(CC(=O)Nc1ccccc1C)C(=O)COC(=O)CCc1nc2ccccc2s1. The van der Waals surface area contributed by atoms with Crippen LogP contribution in [-0.2, 0) is 25.5 Å². The monoisotopic (exact) mass is 453 g/mol. The number of esters is 1. The Balaban J connectivity index is 1.46. The maximum Gasteiger partial charge on any atom is 0.306 e. The predicted octanol–water partition coefficient (Wildman–Crippen LogP) is 3.96. The van der Waals surface area contributed by atoms with Crippen LogP contribution in [0.25, 0.3) is 10.2 Å². The van der Waals surface area contributed by atoms with Gasteiger partial charge in [0.05, 0.1) is 28.2 Å². The summed E-state index contributed by atoms with van der Waals surface area (Å²) in [6.45, 7) is 3.76. The van der Waals surface area contributed by atoms with E-state index in [1.54, 1.807) is 11.3 Å². The molecular formula is C24H27N3O4S. The Morgan fingerprint density at radius 3 is 2.59 bits per heavy atom. The number of hydrogen-bond acceptors (Lipinski definition) is 6. The maximum absolute atomic E-state index is 12.5. The van der Waals surface area contributed by atoms with Crippen molar-refractivity contribution in [1.82, 2.24) is 9.88 Å². The summed E-state index contributed by atoms with van der Waals surface area (Å²) < 4.78 is 6.24. The summed E-state index contributed by atoms with van der Waals surface area (Å²) >= 11 is 1.55. The Bertz CT molecular complexity index is 1060. The molecule has 168 valence electrons. The van der Waals surface area contributed by atoms with Crippen LogP contribution in [0.15, 0.2) is 48.5 Å². The van der Waals surface area contributed by atoms with E-state index in [9.17, 15) is 14.4 Å². The lowest BCUT2D eigenvalue weighted by molar-refractivity contribution is -0.152. The summed E-state index contributed by atoms with van der Waals surface area (Å²) in [7, 11) is 0. The predicted molar refractivity (Wildman–Crippen MR) is 126 cm³/mol. The molecule has 0 saturated heterocycles. The quantitative estimate of drug-likeness (QED) is 0.470. The van der Waals surface area contributed by atoms with Gasteiger partial charge in [-0.25, -0.2) is 4.98 Å². The third kappa shape index (κ3) is 6.62. The van der Waals surface area contributed by atoms with Crippen LogP contribution in [0, 0.1) is 6.92 Å². The topological polar surface area (TPSA) is 88.6 Å². The Morgan fingerprint density at radius 1 is 1.09 bits per heavy atom. The van der Waals surface area contributed by atoms with Gasteiger partial charge in [0.15, 0.2) is 6.61 Å². The number of hydrogen-bond donors (Lipinski definition) is 1. The molecule has 0 aliphatic heterocycles. The number of thiazole rings is 1. The Kier molecular flexibility index (Phi) is 8.33. The van der Waals surface area contributed by atoms with Gasteiger partial charge in [-0.1, -0.05) is 37.3 Å². The van der Waals surface area contributed by atoms with Crippen LogP contribution in [0.2, 0.25) is 0 Å². The highest BCUT2D eigenvalue weighted by Crippen LogP contribution is 2.22. The zero-order valence-corrected chi connectivity index (χ0v) is 19.1. The number of para-hydroxylation sites is 2. The van der Waals surface area contributed by atoms with Crippen molar-refractivity contribution in [2.45, 2.75) is 33.1 Å². The van der Waals surface area contributed by atoms with Crippen LogP contribution in [0.5, 0.6) is 0 Å². The second kappa shape index (κ2) is 11.4. The van der Waals surface area contributed by atoms with Crippen LogP contribution in [0.4, 0.5) is 5.69 Å². The minimum Gasteiger partial charge on any atom is -0.456 e. The molecule has 0 bridgehead atoms. The molecule has 0 unspecified atom stereocenters. The summed E-state index contributed by atoms with van der Waals surface area (Å²) in [5.41, 5.74) is 2.56. The third-order valence-electron chi connectivity index (χ3n) is 4.84. The highest BCUT2D eigenvalue weighted by molar-refractivity contribution is 7.18. The lowest BCUT2D eigenvalue weighted by Gasteiger charge is -2.21. The van der Waals surface area contributed by atoms with E-state index in [1.165, 1.54) is 4.90 Å². The number of amides is 2. The van der Waals surface area contributed by atoms with E-state index in [-0.39, 0.29) is 31.4 Å². The first-order valence-electron chi connectivity index (χ1n) is 10.6. The second-order valence-electron chi connectivity index (χ2n) is 7.41. The minimum absolute atomic E-state index is 0.0930. The second-order valence-corrected chi connectivity index (χ2v) is 8.53. The molecular weight excluding hydrogens is 426 g/mol. The van der Waals surface area contributed by atoms with E-state index in [4.69, 9.17) is 4.74 Å². The number of carbonyl (C=O) groups excluding carboxylic acids is 3. The van der Waals surface area contributed by atoms with E-state index in [0.717, 1.165) is 20.8 Å². The van der Waals surface area contributed by atoms with Crippen LogP contribution in [0.3, 0.4) is 0 Å². The van der Waals surface area contributed by atoms with Crippen LogP contribution >= 0.6 is 11.3 Å². The molecule has 1 N–H and O–H groups in total. The molecule has 0 saturated carbocycles. The summed E-state index contributed by atoms with van der Waals surface area (Å²) in [5, 5.41) is 3.68. The fourth-order valence-corrected chi connectivity index (χ4v) is 4.15. The van der Waals surface area contributed by atoms with Gasteiger partial charge in [0, 0.05) is 18.7 Å². The Labute approximate surface area is 191 Å². The molecule has 0 aliphatic rings. The first-order chi connectivity index (χ1) is 15.5. The largest absolute Gasteiger partial charge is 0.456 e. The molecule has 0 radical (unpaired) electrons. The Hall–Kier alpha value is -3.26. The number of benzene rings is 2. The number of carbonyl (C=O) groups is 3. The fourth-order valence-electron chi connectivity index (χ4n) is 3.18. The number of nitrogens with one attached hydrogen (secondary N) is 1. The van der Waals surface area contributed by atoms with E-state index in [1.807, 2.05) is 62.4 Å². The van der Waals surface area contributed by atoms with Crippen molar-refractivity contribution >= 4 is 45.0 Å². The summed E-state index contributed by atoms with van der Waals surface area (Å²) in [4.78, 5) is 43.0. The summed E-state index contributed by atoms with van der Waals surface area (Å²) in [6, 6.07) is 15.2. The number of ether oxygens (including phenoxy) is 1. The van der Waals surface area contributed by atoms with Crippen molar-refractivity contribution in [2.75, 3.05) is 25.0 Å². The van der Waals surface area contributed by atoms with E-state index in [2.05, 4.69) is 10.3 Å². The smallest absolute Gasteiger partial charge is 0.306 e. The fraction of sp³-hybridized carbons (Fsp3) is 0.333. The highest BCUT2D eigenvalue weighted by atomic mass is 32.1. The Morgan fingerprint density at radius 2 is 1.84 bits per heavy atom. The first-order valence-corrected chi connectivity index (χ1v) is 11.4. The molecule has 3 aromatic rings. The maximum atomic E-state index is 12.5. The molecule has 2 amide bonds. The zero-order chi connectivity index (χ0) is 22.9. The van der Waals surface area contributed by atoms with Gasteiger partial charge in [0.25, 0.3) is 5.91 Å². The number of fused-ring (bicyclic) bond motifs is 1. The van der Waals surface area contributed by atoms with Crippen molar-refractivity contribution in [3.05, 3.63) is 59.1 Å². The first kappa shape index (κ1) is 23.4. The van der Waals surface area contributed by atoms with Crippen molar-refractivity contribution in [1.29, 1.82) is 0 Å². The average molecular weight is 454 g/mol. The molecule has 0 fully saturated rings. The molecule has 8 heteroatoms.